The van der Waals surface area contributed by atoms with Gasteiger partial charge >= 0.3 is 0 Å². The maximum absolute atomic E-state index is 12.0. The quantitative estimate of drug-likeness (QED) is 0.363. The normalized spacial score (nSPS) is 18.1. The van der Waals surface area contributed by atoms with Gasteiger partial charge in [0.1, 0.15) is 4.90 Å². The average Bonchev–Trinajstić information content (AvgIpc) is 2.73. The van der Waals surface area contributed by atoms with Gasteiger partial charge in [-0.05, 0) is 33.9 Å². The van der Waals surface area contributed by atoms with Gasteiger partial charge in [-0.1, -0.05) is 91.0 Å². The Bertz CT molecular complexity index is 1200. The van der Waals surface area contributed by atoms with Gasteiger partial charge in [-0.15, -0.1) is 0 Å². The van der Waals surface area contributed by atoms with Crippen LogP contribution in [0.25, 0.3) is 18.2 Å². The number of aliphatic hydroxyl groups is 1. The Morgan fingerprint density at radius 1 is 0.867 bits per heavy atom. The van der Waals surface area contributed by atoms with Crippen molar-refractivity contribution in [1.29, 1.82) is 0 Å². The van der Waals surface area contributed by atoms with E-state index in [9.17, 15) is 18.1 Å². The summed E-state index contributed by atoms with van der Waals surface area (Å²) in [5, 5.41) is 10.8. The number of aliphatic hydroxyl groups excluding tert-OH is 1. The number of hydrogen-bond donors (Lipinski definition) is 2. The second-order valence-corrected chi connectivity index (χ2v) is 8.36. The van der Waals surface area contributed by atoms with E-state index in [2.05, 4.69) is 0 Å². The molecule has 6 heteroatoms. The topological polar surface area (TPSA) is 74.6 Å². The molecule has 1 aliphatic rings. The van der Waals surface area contributed by atoms with Crippen molar-refractivity contribution in [2.45, 2.75) is 16.9 Å². The van der Waals surface area contributed by atoms with Crippen LogP contribution < -0.4 is 0 Å². The summed E-state index contributed by atoms with van der Waals surface area (Å²) in [5.41, 5.74) is 3.65. The monoisotopic (exact) mass is 427 g/mol. The zero-order chi connectivity index (χ0) is 20.4. The molecule has 0 fully saturated rings. The summed E-state index contributed by atoms with van der Waals surface area (Å²) < 4.78 is 33.8. The van der Waals surface area contributed by atoms with E-state index >= 15 is 0 Å². The van der Waals surface area contributed by atoms with Crippen LogP contribution in [0.5, 0.6) is 0 Å². The maximum atomic E-state index is 12.0. The van der Waals surface area contributed by atoms with E-state index in [1.165, 1.54) is 6.07 Å². The summed E-state index contributed by atoms with van der Waals surface area (Å²) in [7, 11) is -4.43. The second-order valence-electron chi connectivity index (χ2n) is 6.98. The van der Waals surface area contributed by atoms with Crippen molar-refractivity contribution < 1.29 is 18.1 Å². The van der Waals surface area contributed by atoms with Crippen molar-refractivity contribution in [1.82, 2.24) is 0 Å². The van der Waals surface area contributed by atoms with E-state index in [4.69, 9.17) is 0 Å². The third-order valence-electron chi connectivity index (χ3n) is 5.09. The summed E-state index contributed by atoms with van der Waals surface area (Å²) in [6.07, 6.45) is 6.43. The van der Waals surface area contributed by atoms with Crippen LogP contribution in [0.2, 0.25) is 0 Å². The third-order valence-corrected chi connectivity index (χ3v) is 6.00. The van der Waals surface area contributed by atoms with Gasteiger partial charge in [0.05, 0.1) is 6.10 Å². The SMILES string of the molecule is O=S(=O)(O)c1cc(C2C=Cc3ccccc3C2O)ccc1C=Cc1ccccc1.[Na]. The standard InChI is InChI=1S/C24H20O4S.Na/c25-24-21-9-5-4-8-18(21)14-15-22(24)20-13-12-19(23(16-20)29(26,27)28)11-10-17-6-2-1-3-7-17;/h1-16,22,24-25H,(H,26,27,28);. The Kier molecular flexibility index (Phi) is 7.14. The minimum Gasteiger partial charge on any atom is -0.387 e. The van der Waals surface area contributed by atoms with Gasteiger partial charge in [-0.3, -0.25) is 4.55 Å². The molecule has 4 nitrogen and oxygen atoms in total. The van der Waals surface area contributed by atoms with Gasteiger partial charge in [0, 0.05) is 35.5 Å². The van der Waals surface area contributed by atoms with Gasteiger partial charge in [0.2, 0.25) is 0 Å². The van der Waals surface area contributed by atoms with E-state index in [0.29, 0.717) is 11.1 Å². The van der Waals surface area contributed by atoms with Crippen molar-refractivity contribution in [2.24, 2.45) is 0 Å². The van der Waals surface area contributed by atoms with Crippen LogP contribution in [0.1, 0.15) is 39.8 Å². The van der Waals surface area contributed by atoms with Gasteiger partial charge in [-0.25, -0.2) is 0 Å². The molecule has 2 N–H and O–H groups in total. The van der Waals surface area contributed by atoms with Crippen LogP contribution in [-0.2, 0) is 10.1 Å². The van der Waals surface area contributed by atoms with Crippen molar-refractivity contribution in [3.05, 3.63) is 107 Å². The smallest absolute Gasteiger partial charge is 0.295 e. The second kappa shape index (κ2) is 9.43. The zero-order valence-corrected chi connectivity index (χ0v) is 19.3. The molecule has 3 aromatic carbocycles. The number of hydrogen-bond acceptors (Lipinski definition) is 3. The summed E-state index contributed by atoms with van der Waals surface area (Å²) in [4.78, 5) is -0.179. The molecule has 30 heavy (non-hydrogen) atoms. The minimum atomic E-state index is -4.43. The fraction of sp³-hybridized carbons (Fsp3) is 0.0833. The third kappa shape index (κ3) is 4.83. The van der Waals surface area contributed by atoms with Gasteiger partial charge in [-0.2, -0.15) is 8.42 Å². The Labute approximate surface area is 198 Å². The predicted octanol–water partition coefficient (Wildman–Crippen LogP) is 4.57. The average molecular weight is 427 g/mol. The van der Waals surface area contributed by atoms with Crippen LogP contribution in [0.3, 0.4) is 0 Å². The summed E-state index contributed by atoms with van der Waals surface area (Å²) in [5.74, 6) is -0.405. The van der Waals surface area contributed by atoms with Gasteiger partial charge in [0.15, 0.2) is 0 Å². The van der Waals surface area contributed by atoms with Gasteiger partial charge in [0.25, 0.3) is 10.1 Å². The van der Waals surface area contributed by atoms with E-state index in [-0.39, 0.29) is 34.5 Å². The minimum absolute atomic E-state index is 0. The number of rotatable bonds is 4. The first kappa shape index (κ1) is 22.7. The predicted molar refractivity (Wildman–Crippen MR) is 121 cm³/mol. The molecular weight excluding hydrogens is 407 g/mol. The fourth-order valence-electron chi connectivity index (χ4n) is 3.60. The number of benzene rings is 3. The van der Waals surface area contributed by atoms with E-state index < -0.39 is 22.1 Å². The molecule has 0 heterocycles. The van der Waals surface area contributed by atoms with E-state index in [1.807, 2.05) is 66.7 Å². The summed E-state index contributed by atoms with van der Waals surface area (Å²) >= 11 is 0. The maximum Gasteiger partial charge on any atom is 0.295 e. The van der Waals surface area contributed by atoms with Crippen LogP contribution in [0.4, 0.5) is 0 Å². The first-order valence-electron chi connectivity index (χ1n) is 9.23. The molecule has 1 radical (unpaired) electrons. The molecule has 1 aliphatic carbocycles. The van der Waals surface area contributed by atoms with Crippen LogP contribution in [0, 0.1) is 0 Å². The summed E-state index contributed by atoms with van der Waals surface area (Å²) in [6.45, 7) is 0. The van der Waals surface area contributed by atoms with Gasteiger partial charge < -0.3 is 5.11 Å². The first-order valence-corrected chi connectivity index (χ1v) is 10.7. The molecule has 147 valence electrons. The molecule has 2 atom stereocenters. The largest absolute Gasteiger partial charge is 0.387 e. The zero-order valence-electron chi connectivity index (χ0n) is 16.5. The molecule has 4 rings (SSSR count). The Balaban J connectivity index is 0.00000256. The molecule has 0 saturated heterocycles. The van der Waals surface area contributed by atoms with Crippen molar-refractivity contribution in [3.63, 3.8) is 0 Å². The Morgan fingerprint density at radius 3 is 2.30 bits per heavy atom. The Hall–Kier alpha value is -1.99. The molecule has 0 bridgehead atoms. The number of fused-ring (bicyclic) bond motifs is 1. The molecule has 2 unspecified atom stereocenters. The first-order chi connectivity index (χ1) is 13.9. The summed E-state index contributed by atoms with van der Waals surface area (Å²) in [6, 6.07) is 21.9. The molecule has 0 saturated carbocycles. The van der Waals surface area contributed by atoms with Crippen molar-refractivity contribution >= 4 is 57.9 Å². The molecule has 0 amide bonds. The molecule has 3 aromatic rings. The van der Waals surface area contributed by atoms with Crippen LogP contribution >= 0.6 is 0 Å². The van der Waals surface area contributed by atoms with Crippen LogP contribution in [-0.4, -0.2) is 47.6 Å². The molecule has 0 aromatic heterocycles. The molecule has 0 spiro atoms. The Morgan fingerprint density at radius 2 is 1.57 bits per heavy atom. The van der Waals surface area contributed by atoms with E-state index in [1.54, 1.807) is 24.3 Å². The molecule has 0 aliphatic heterocycles. The van der Waals surface area contributed by atoms with Crippen molar-refractivity contribution in [2.75, 3.05) is 0 Å². The van der Waals surface area contributed by atoms with E-state index in [0.717, 1.165) is 16.7 Å². The van der Waals surface area contributed by atoms with Crippen LogP contribution in [0.15, 0.2) is 83.8 Å². The fourth-order valence-corrected chi connectivity index (χ4v) is 4.32. The van der Waals surface area contributed by atoms with Crippen molar-refractivity contribution in [3.8, 4) is 0 Å². The molecular formula is C24H20NaO4S.